The number of nitrogens with one attached hydrogen (secondary N) is 1. The summed E-state index contributed by atoms with van der Waals surface area (Å²) >= 11 is 5.99. The van der Waals surface area contributed by atoms with Crippen LogP contribution in [0.1, 0.15) is 52.9 Å². The van der Waals surface area contributed by atoms with Crippen LogP contribution in [0.4, 0.5) is 5.95 Å². The molecular weight excluding hydrogens is 380 g/mol. The van der Waals surface area contributed by atoms with Crippen LogP contribution in [-0.2, 0) is 9.53 Å². The van der Waals surface area contributed by atoms with Crippen molar-refractivity contribution in [2.75, 3.05) is 12.4 Å². The van der Waals surface area contributed by atoms with Gasteiger partial charge in [0, 0.05) is 18.5 Å². The first-order chi connectivity index (χ1) is 13.2. The Morgan fingerprint density at radius 1 is 1.25 bits per heavy atom. The quantitative estimate of drug-likeness (QED) is 0.582. The van der Waals surface area contributed by atoms with Gasteiger partial charge in [0.15, 0.2) is 0 Å². The number of carbonyl (C=O) groups is 1. The first kappa shape index (κ1) is 20.6. The van der Waals surface area contributed by atoms with Crippen LogP contribution in [0, 0.1) is 5.92 Å². The van der Waals surface area contributed by atoms with Gasteiger partial charge in [0.2, 0.25) is 5.95 Å². The van der Waals surface area contributed by atoms with Gasteiger partial charge in [-0.05, 0) is 52.4 Å². The highest BCUT2D eigenvalue weighted by molar-refractivity contribution is 6.30. The maximum absolute atomic E-state index is 12.0. The highest BCUT2D eigenvalue weighted by Crippen LogP contribution is 2.30. The molecule has 0 atom stereocenters. The van der Waals surface area contributed by atoms with Crippen LogP contribution < -0.4 is 10.1 Å². The number of hydrogen-bond acceptors (Lipinski definition) is 7. The molecule has 28 heavy (non-hydrogen) atoms. The number of aromatic nitrogens is 3. The lowest BCUT2D eigenvalue weighted by atomic mass is 9.84. The summed E-state index contributed by atoms with van der Waals surface area (Å²) in [4.78, 5) is 25.1. The van der Waals surface area contributed by atoms with Gasteiger partial charge in [-0.25, -0.2) is 15.0 Å². The summed E-state index contributed by atoms with van der Waals surface area (Å²) in [6.45, 7) is 5.69. The molecule has 0 radical (unpaired) electrons. The van der Waals surface area contributed by atoms with Crippen molar-refractivity contribution in [3.63, 3.8) is 0 Å². The van der Waals surface area contributed by atoms with Crippen molar-refractivity contribution >= 4 is 34.6 Å². The molecule has 7 nitrogen and oxygen atoms in total. The summed E-state index contributed by atoms with van der Waals surface area (Å²) < 4.78 is 10.8. The molecule has 3 rings (SSSR count). The molecule has 0 amide bonds. The van der Waals surface area contributed by atoms with Crippen molar-refractivity contribution in [2.24, 2.45) is 5.92 Å². The average molecular weight is 407 g/mol. The number of carbonyl (C=O) groups excluding carboxylic acids is 1. The number of rotatable bonds is 5. The monoisotopic (exact) mass is 406 g/mol. The van der Waals surface area contributed by atoms with Gasteiger partial charge in [0.05, 0.1) is 13.3 Å². The third kappa shape index (κ3) is 5.44. The topological polar surface area (TPSA) is 86.2 Å². The second-order valence-electron chi connectivity index (χ2n) is 8.23. The van der Waals surface area contributed by atoms with E-state index in [1.807, 2.05) is 20.8 Å². The second kappa shape index (κ2) is 8.47. The summed E-state index contributed by atoms with van der Waals surface area (Å²) in [6.07, 6.45) is 6.01. The molecule has 0 aromatic carbocycles. The fraction of sp³-hybridized carbons (Fsp3) is 0.600. The predicted molar refractivity (Wildman–Crippen MR) is 109 cm³/mol. The first-order valence-corrected chi connectivity index (χ1v) is 9.97. The summed E-state index contributed by atoms with van der Waals surface area (Å²) in [5.74, 6) is 1.38. The molecule has 0 aliphatic heterocycles. The van der Waals surface area contributed by atoms with E-state index in [0.29, 0.717) is 40.2 Å². The minimum atomic E-state index is -0.427. The highest BCUT2D eigenvalue weighted by atomic mass is 35.5. The molecule has 1 saturated carbocycles. The van der Waals surface area contributed by atoms with Crippen LogP contribution in [0.5, 0.6) is 5.75 Å². The number of esters is 1. The third-order valence-electron chi connectivity index (χ3n) is 4.76. The Kier molecular flexibility index (Phi) is 6.23. The van der Waals surface area contributed by atoms with Gasteiger partial charge in [0.1, 0.15) is 27.5 Å². The number of fused-ring (bicyclic) bond motifs is 1. The first-order valence-electron chi connectivity index (χ1n) is 9.59. The largest absolute Gasteiger partial charge is 0.494 e. The van der Waals surface area contributed by atoms with Crippen LogP contribution >= 0.6 is 11.6 Å². The van der Waals surface area contributed by atoms with Gasteiger partial charge in [-0.3, -0.25) is 4.79 Å². The molecular formula is C20H27ClN4O3. The van der Waals surface area contributed by atoms with Crippen molar-refractivity contribution in [1.82, 2.24) is 15.0 Å². The van der Waals surface area contributed by atoms with Crippen LogP contribution in [0.3, 0.4) is 0 Å². The zero-order valence-corrected chi connectivity index (χ0v) is 17.5. The van der Waals surface area contributed by atoms with E-state index in [4.69, 9.17) is 21.1 Å². The van der Waals surface area contributed by atoms with Gasteiger partial charge in [0.25, 0.3) is 0 Å². The average Bonchev–Trinajstić information content (AvgIpc) is 2.61. The predicted octanol–water partition coefficient (Wildman–Crippen LogP) is 4.39. The van der Waals surface area contributed by atoms with E-state index in [1.165, 1.54) is 0 Å². The van der Waals surface area contributed by atoms with Crippen LogP contribution in [0.25, 0.3) is 11.0 Å². The van der Waals surface area contributed by atoms with E-state index in [1.54, 1.807) is 19.4 Å². The number of ether oxygens (including phenoxy) is 2. The molecule has 2 heterocycles. The van der Waals surface area contributed by atoms with Crippen molar-refractivity contribution in [3.05, 3.63) is 17.4 Å². The highest BCUT2D eigenvalue weighted by Gasteiger charge is 2.26. The molecule has 8 heteroatoms. The molecule has 0 saturated heterocycles. The fourth-order valence-electron chi connectivity index (χ4n) is 3.50. The Morgan fingerprint density at radius 3 is 2.61 bits per heavy atom. The van der Waals surface area contributed by atoms with E-state index in [2.05, 4.69) is 20.3 Å². The van der Waals surface area contributed by atoms with Crippen molar-refractivity contribution in [3.8, 4) is 5.75 Å². The van der Waals surface area contributed by atoms with Gasteiger partial charge in [-0.15, -0.1) is 0 Å². The maximum atomic E-state index is 12.0. The van der Waals surface area contributed by atoms with E-state index in [9.17, 15) is 4.79 Å². The van der Waals surface area contributed by atoms with Gasteiger partial charge < -0.3 is 14.8 Å². The Labute approximate surface area is 170 Å². The Hall–Kier alpha value is -2.15. The molecule has 0 spiro atoms. The van der Waals surface area contributed by atoms with Gasteiger partial charge in [-0.2, -0.15) is 0 Å². The lowest BCUT2D eigenvalue weighted by Crippen LogP contribution is -2.30. The molecule has 2 aromatic rings. The van der Waals surface area contributed by atoms with Gasteiger partial charge in [-0.1, -0.05) is 11.6 Å². The lowest BCUT2D eigenvalue weighted by molar-refractivity contribution is -0.156. The van der Waals surface area contributed by atoms with E-state index in [-0.39, 0.29) is 12.0 Å². The molecule has 1 fully saturated rings. The summed E-state index contributed by atoms with van der Waals surface area (Å²) in [7, 11) is 1.58. The smallest absolute Gasteiger partial charge is 0.306 e. The van der Waals surface area contributed by atoms with E-state index in [0.717, 1.165) is 25.7 Å². The SMILES string of the molecule is COc1cc(Cl)nc2cnc(NC3CCC(CC(=O)OC(C)(C)C)CC3)nc12. The zero-order valence-electron chi connectivity index (χ0n) is 16.8. The number of hydrogen-bond donors (Lipinski definition) is 1. The lowest BCUT2D eigenvalue weighted by Gasteiger charge is -2.29. The molecule has 0 bridgehead atoms. The Bertz CT molecular complexity index is 845. The Balaban J connectivity index is 1.57. The Morgan fingerprint density at radius 2 is 1.96 bits per heavy atom. The van der Waals surface area contributed by atoms with E-state index >= 15 is 0 Å². The summed E-state index contributed by atoms with van der Waals surface area (Å²) in [5.41, 5.74) is 0.794. The number of pyridine rings is 1. The zero-order chi connectivity index (χ0) is 20.3. The number of halogens is 1. The molecule has 1 N–H and O–H groups in total. The normalized spacial score (nSPS) is 20.0. The number of methoxy groups -OCH3 is 1. The molecule has 0 unspecified atom stereocenters. The van der Waals surface area contributed by atoms with E-state index < -0.39 is 5.60 Å². The number of nitrogens with zero attached hydrogens (tertiary/aromatic N) is 3. The van der Waals surface area contributed by atoms with Crippen molar-refractivity contribution in [1.29, 1.82) is 0 Å². The minimum Gasteiger partial charge on any atom is -0.494 e. The second-order valence-corrected chi connectivity index (χ2v) is 8.61. The fourth-order valence-corrected chi connectivity index (χ4v) is 3.69. The summed E-state index contributed by atoms with van der Waals surface area (Å²) in [6, 6.07) is 1.92. The number of anilines is 1. The standard InChI is InChI=1S/C20H27ClN4O3/c1-20(2,3)28-17(26)9-12-5-7-13(8-6-12)23-19-22-11-14-18(25-19)15(27-4)10-16(21)24-14/h10-13H,5-9H2,1-4H3,(H,22,23,25). The molecule has 1 aliphatic carbocycles. The van der Waals surface area contributed by atoms with Crippen LogP contribution in [-0.4, -0.2) is 39.7 Å². The van der Waals surface area contributed by atoms with Crippen molar-refractivity contribution < 1.29 is 14.3 Å². The molecule has 1 aliphatic rings. The maximum Gasteiger partial charge on any atom is 0.306 e. The van der Waals surface area contributed by atoms with Gasteiger partial charge >= 0.3 is 5.97 Å². The third-order valence-corrected chi connectivity index (χ3v) is 4.95. The minimum absolute atomic E-state index is 0.111. The molecule has 2 aromatic heterocycles. The summed E-state index contributed by atoms with van der Waals surface area (Å²) in [5, 5.41) is 3.74. The van der Waals surface area contributed by atoms with Crippen LogP contribution in [0.2, 0.25) is 5.15 Å². The van der Waals surface area contributed by atoms with Crippen molar-refractivity contribution in [2.45, 2.75) is 64.5 Å². The molecule has 152 valence electrons. The van der Waals surface area contributed by atoms with Crippen LogP contribution in [0.15, 0.2) is 12.3 Å².